The molecule has 0 saturated carbocycles. The molecule has 2 aliphatic rings. The molecular weight excluding hydrogens is 364 g/mol. The van der Waals surface area contributed by atoms with Crippen molar-refractivity contribution in [2.24, 2.45) is 4.99 Å². The van der Waals surface area contributed by atoms with E-state index in [4.69, 9.17) is 14.1 Å². The summed E-state index contributed by atoms with van der Waals surface area (Å²) in [5, 5.41) is 7.16. The number of hydrogen-bond acceptors (Lipinski definition) is 4. The van der Waals surface area contributed by atoms with Crippen LogP contribution >= 0.6 is 0 Å². The predicted molar refractivity (Wildman–Crippen MR) is 117 cm³/mol. The lowest BCUT2D eigenvalue weighted by atomic mass is 10.0. The van der Waals surface area contributed by atoms with Gasteiger partial charge in [-0.15, -0.1) is 0 Å². The largest absolute Gasteiger partial charge is 0.469 e. The van der Waals surface area contributed by atoms with Crippen molar-refractivity contribution in [1.82, 2.24) is 10.6 Å². The van der Waals surface area contributed by atoms with E-state index in [-0.39, 0.29) is 6.10 Å². The van der Waals surface area contributed by atoms with Gasteiger partial charge in [0.1, 0.15) is 5.76 Å². The smallest absolute Gasteiger partial charge is 0.191 e. The molecule has 1 aromatic carbocycles. The van der Waals surface area contributed by atoms with Crippen molar-refractivity contribution in [1.29, 1.82) is 0 Å². The van der Waals surface area contributed by atoms with E-state index in [0.717, 1.165) is 63.6 Å². The van der Waals surface area contributed by atoms with Gasteiger partial charge < -0.3 is 24.7 Å². The predicted octanol–water partition coefficient (Wildman–Crippen LogP) is 3.21. The standard InChI is InChI=1S/C23H32N4O2/c1-2-8-20(9-3-1)27-14-4-7-19(18-27)26-23(25-17-22-11-6-16-29-22)24-13-12-21-10-5-15-28-21/h1-3,5,8-10,15,19,22H,4,6-7,11-14,16-18H2,(H2,24,25,26). The van der Waals surface area contributed by atoms with E-state index in [1.807, 2.05) is 12.1 Å². The van der Waals surface area contributed by atoms with Gasteiger partial charge in [0.2, 0.25) is 0 Å². The van der Waals surface area contributed by atoms with Gasteiger partial charge in [-0.3, -0.25) is 4.99 Å². The zero-order valence-corrected chi connectivity index (χ0v) is 17.1. The summed E-state index contributed by atoms with van der Waals surface area (Å²) in [7, 11) is 0. The normalized spacial score (nSPS) is 22.6. The van der Waals surface area contributed by atoms with Gasteiger partial charge >= 0.3 is 0 Å². The van der Waals surface area contributed by atoms with E-state index >= 15 is 0 Å². The highest BCUT2D eigenvalue weighted by Crippen LogP contribution is 2.19. The van der Waals surface area contributed by atoms with Crippen LogP contribution in [0.2, 0.25) is 0 Å². The average molecular weight is 397 g/mol. The van der Waals surface area contributed by atoms with Gasteiger partial charge in [-0.05, 0) is 49.9 Å². The minimum absolute atomic E-state index is 0.255. The summed E-state index contributed by atoms with van der Waals surface area (Å²) in [6.07, 6.45) is 7.40. The summed E-state index contributed by atoms with van der Waals surface area (Å²) in [6.45, 7) is 4.47. The molecule has 6 nitrogen and oxygen atoms in total. The fraction of sp³-hybridized carbons (Fsp3) is 0.522. The molecule has 4 rings (SSSR count). The first-order valence-electron chi connectivity index (χ1n) is 10.9. The molecule has 0 radical (unpaired) electrons. The Balaban J connectivity index is 1.34. The van der Waals surface area contributed by atoms with Crippen LogP contribution in [0.25, 0.3) is 0 Å². The minimum atomic E-state index is 0.255. The molecule has 0 bridgehead atoms. The molecule has 2 unspecified atom stereocenters. The molecule has 2 saturated heterocycles. The number of hydrogen-bond donors (Lipinski definition) is 2. The van der Waals surface area contributed by atoms with Crippen LogP contribution in [0.1, 0.15) is 31.4 Å². The van der Waals surface area contributed by atoms with Crippen LogP contribution < -0.4 is 15.5 Å². The lowest BCUT2D eigenvalue weighted by Gasteiger charge is -2.35. The quantitative estimate of drug-likeness (QED) is 0.556. The van der Waals surface area contributed by atoms with Crippen LogP contribution in [-0.2, 0) is 11.2 Å². The van der Waals surface area contributed by atoms with Crippen molar-refractivity contribution < 1.29 is 9.15 Å². The van der Waals surface area contributed by atoms with Gasteiger partial charge in [-0.1, -0.05) is 18.2 Å². The zero-order chi connectivity index (χ0) is 19.7. The Morgan fingerprint density at radius 2 is 2.03 bits per heavy atom. The fourth-order valence-corrected chi connectivity index (χ4v) is 4.05. The Labute approximate surface area is 173 Å². The third-order valence-electron chi connectivity index (χ3n) is 5.60. The van der Waals surface area contributed by atoms with Crippen LogP contribution in [0.3, 0.4) is 0 Å². The molecular formula is C23H32N4O2. The van der Waals surface area contributed by atoms with Gasteiger partial charge in [-0.25, -0.2) is 0 Å². The number of para-hydroxylation sites is 1. The Hall–Kier alpha value is -2.47. The summed E-state index contributed by atoms with van der Waals surface area (Å²) < 4.78 is 11.2. The maximum absolute atomic E-state index is 5.75. The number of rotatable bonds is 7. The molecule has 2 atom stereocenters. The first-order valence-corrected chi connectivity index (χ1v) is 10.9. The molecule has 1 aromatic heterocycles. The van der Waals surface area contributed by atoms with E-state index < -0.39 is 0 Å². The van der Waals surface area contributed by atoms with Crippen LogP contribution in [0.15, 0.2) is 58.1 Å². The third kappa shape index (κ3) is 6.00. The SMILES string of the molecule is c1ccc(N2CCCC(NC(=NCC3CCCO3)NCCc3ccco3)C2)cc1. The number of nitrogens with zero attached hydrogens (tertiary/aromatic N) is 2. The fourth-order valence-electron chi connectivity index (χ4n) is 4.05. The number of furan rings is 1. The Morgan fingerprint density at radius 1 is 1.10 bits per heavy atom. The maximum atomic E-state index is 5.75. The number of ether oxygens (including phenoxy) is 1. The van der Waals surface area contributed by atoms with E-state index in [1.54, 1.807) is 6.26 Å². The molecule has 0 spiro atoms. The highest BCUT2D eigenvalue weighted by Gasteiger charge is 2.21. The van der Waals surface area contributed by atoms with Crippen molar-refractivity contribution in [2.75, 3.05) is 37.7 Å². The molecule has 29 heavy (non-hydrogen) atoms. The lowest BCUT2D eigenvalue weighted by molar-refractivity contribution is 0.117. The lowest BCUT2D eigenvalue weighted by Crippen LogP contribution is -2.51. The molecule has 2 fully saturated rings. The molecule has 0 amide bonds. The van der Waals surface area contributed by atoms with E-state index in [9.17, 15) is 0 Å². The van der Waals surface area contributed by atoms with Crippen molar-refractivity contribution in [2.45, 2.75) is 44.2 Å². The summed E-state index contributed by atoms with van der Waals surface area (Å²) in [4.78, 5) is 7.30. The summed E-state index contributed by atoms with van der Waals surface area (Å²) >= 11 is 0. The van der Waals surface area contributed by atoms with Crippen molar-refractivity contribution in [3.63, 3.8) is 0 Å². The molecule has 2 aliphatic heterocycles. The topological polar surface area (TPSA) is 62.0 Å². The van der Waals surface area contributed by atoms with Gasteiger partial charge in [-0.2, -0.15) is 0 Å². The van der Waals surface area contributed by atoms with E-state index in [0.29, 0.717) is 12.6 Å². The number of aliphatic imine (C=N–C) groups is 1. The molecule has 2 N–H and O–H groups in total. The van der Waals surface area contributed by atoms with Crippen LogP contribution in [0.4, 0.5) is 5.69 Å². The third-order valence-corrected chi connectivity index (χ3v) is 5.60. The number of benzene rings is 1. The van der Waals surface area contributed by atoms with Gasteiger partial charge in [0, 0.05) is 44.4 Å². The monoisotopic (exact) mass is 396 g/mol. The van der Waals surface area contributed by atoms with E-state index in [2.05, 4.69) is 45.9 Å². The van der Waals surface area contributed by atoms with Gasteiger partial charge in [0.25, 0.3) is 0 Å². The number of piperidine rings is 1. The molecule has 3 heterocycles. The maximum Gasteiger partial charge on any atom is 0.191 e. The van der Waals surface area contributed by atoms with Crippen molar-refractivity contribution in [3.8, 4) is 0 Å². The number of nitrogens with one attached hydrogen (secondary N) is 2. The van der Waals surface area contributed by atoms with Crippen molar-refractivity contribution >= 4 is 11.6 Å². The van der Waals surface area contributed by atoms with Gasteiger partial charge in [0.15, 0.2) is 5.96 Å². The first-order chi connectivity index (χ1) is 14.4. The summed E-state index contributed by atoms with van der Waals surface area (Å²) in [6, 6.07) is 15.0. The summed E-state index contributed by atoms with van der Waals surface area (Å²) in [5.41, 5.74) is 1.29. The Kier molecular flexibility index (Phi) is 7.08. The Bertz CT molecular complexity index is 742. The zero-order valence-electron chi connectivity index (χ0n) is 17.1. The molecule has 6 heteroatoms. The van der Waals surface area contributed by atoms with Crippen LogP contribution in [0, 0.1) is 0 Å². The second kappa shape index (κ2) is 10.3. The molecule has 0 aliphatic carbocycles. The summed E-state index contributed by atoms with van der Waals surface area (Å²) in [5.74, 6) is 1.87. The Morgan fingerprint density at radius 3 is 2.83 bits per heavy atom. The second-order valence-corrected chi connectivity index (χ2v) is 7.85. The molecule has 156 valence electrons. The second-order valence-electron chi connectivity index (χ2n) is 7.85. The number of guanidine groups is 1. The average Bonchev–Trinajstić information content (AvgIpc) is 3.47. The van der Waals surface area contributed by atoms with Crippen LogP contribution in [-0.4, -0.2) is 50.9 Å². The van der Waals surface area contributed by atoms with Gasteiger partial charge in [0.05, 0.1) is 18.9 Å². The van der Waals surface area contributed by atoms with E-state index in [1.165, 1.54) is 12.1 Å². The highest BCUT2D eigenvalue weighted by molar-refractivity contribution is 5.80. The number of anilines is 1. The van der Waals surface area contributed by atoms with Crippen LogP contribution in [0.5, 0.6) is 0 Å². The van der Waals surface area contributed by atoms with Crippen molar-refractivity contribution in [3.05, 3.63) is 54.5 Å². The molecule has 2 aromatic rings. The minimum Gasteiger partial charge on any atom is -0.469 e. The highest BCUT2D eigenvalue weighted by atomic mass is 16.5. The first kappa shape index (κ1) is 19.8.